The first-order valence-corrected chi connectivity index (χ1v) is 2.83. The summed E-state index contributed by atoms with van der Waals surface area (Å²) in [7, 11) is 0. The van der Waals surface area contributed by atoms with E-state index in [0.717, 1.165) is 12.8 Å². The van der Waals surface area contributed by atoms with Crippen LogP contribution in [0.25, 0.3) is 0 Å². The molecule has 0 heterocycles. The lowest BCUT2D eigenvalue weighted by Crippen LogP contribution is -1.82. The van der Waals surface area contributed by atoms with E-state index in [0.29, 0.717) is 6.42 Å². The van der Waals surface area contributed by atoms with E-state index in [1.807, 2.05) is 6.92 Å². The molecule has 8 heavy (non-hydrogen) atoms. The topological polar surface area (TPSA) is 48.6 Å². The Kier molecular flexibility index (Phi) is 9.36. The van der Waals surface area contributed by atoms with Gasteiger partial charge in [0.1, 0.15) is 0 Å². The van der Waals surface area contributed by atoms with Gasteiger partial charge in [-0.2, -0.15) is 0 Å². The van der Waals surface area contributed by atoms with Gasteiger partial charge in [-0.25, -0.2) is 0 Å². The van der Waals surface area contributed by atoms with E-state index in [9.17, 15) is 4.79 Å². The molecule has 0 bridgehead atoms. The quantitative estimate of drug-likeness (QED) is 0.539. The molecule has 0 amide bonds. The van der Waals surface area contributed by atoms with Crippen molar-refractivity contribution < 1.29 is 10.3 Å². The van der Waals surface area contributed by atoms with Gasteiger partial charge in [-0.3, -0.25) is 4.79 Å². The fourth-order valence-electron chi connectivity index (χ4n) is 0.316. The molecule has 0 aliphatic carbocycles. The van der Waals surface area contributed by atoms with Gasteiger partial charge in [-0.1, -0.05) is 13.3 Å². The van der Waals surface area contributed by atoms with Gasteiger partial charge < -0.3 is 5.48 Å². The van der Waals surface area contributed by atoms with Crippen LogP contribution in [0.2, 0.25) is 0 Å². The summed E-state index contributed by atoms with van der Waals surface area (Å²) in [6, 6.07) is 0. The summed E-state index contributed by atoms with van der Waals surface area (Å²) in [6.45, 7) is 2.03. The van der Waals surface area contributed by atoms with Gasteiger partial charge in [0.05, 0.1) is 0 Å². The molecule has 3 heteroatoms. The third-order valence-corrected chi connectivity index (χ3v) is 0.916. The van der Waals surface area contributed by atoms with Crippen LogP contribution < -0.4 is 0 Å². The van der Waals surface area contributed by atoms with E-state index in [1.54, 1.807) is 0 Å². The van der Waals surface area contributed by atoms with Crippen molar-refractivity contribution in [3.63, 3.8) is 0 Å². The SMILES string of the molecule is CCCCC(=O)Cl.O. The highest BCUT2D eigenvalue weighted by molar-refractivity contribution is 6.63. The maximum atomic E-state index is 9.97. The Morgan fingerprint density at radius 1 is 1.62 bits per heavy atom. The van der Waals surface area contributed by atoms with E-state index in [4.69, 9.17) is 11.6 Å². The van der Waals surface area contributed by atoms with Gasteiger partial charge in [0.2, 0.25) is 5.24 Å². The first-order valence-electron chi connectivity index (χ1n) is 2.45. The van der Waals surface area contributed by atoms with Crippen LogP contribution in [0.4, 0.5) is 0 Å². The Morgan fingerprint density at radius 2 is 2.12 bits per heavy atom. The summed E-state index contributed by atoms with van der Waals surface area (Å²) < 4.78 is 0. The third kappa shape index (κ3) is 9.33. The van der Waals surface area contributed by atoms with Crippen LogP contribution in [0.5, 0.6) is 0 Å². The number of hydrogen-bond acceptors (Lipinski definition) is 1. The predicted molar refractivity (Wildman–Crippen MR) is 34.0 cm³/mol. The van der Waals surface area contributed by atoms with Gasteiger partial charge in [-0.05, 0) is 18.0 Å². The molecule has 0 atom stereocenters. The Balaban J connectivity index is 0. The lowest BCUT2D eigenvalue weighted by molar-refractivity contribution is -0.111. The van der Waals surface area contributed by atoms with E-state index < -0.39 is 0 Å². The smallest absolute Gasteiger partial charge is 0.221 e. The van der Waals surface area contributed by atoms with Crippen LogP contribution in [0.15, 0.2) is 0 Å². The van der Waals surface area contributed by atoms with Crippen molar-refractivity contribution in [2.45, 2.75) is 26.2 Å². The van der Waals surface area contributed by atoms with Crippen molar-refractivity contribution in [3.05, 3.63) is 0 Å². The Bertz CT molecular complexity index is 63.4. The molecule has 2 N–H and O–H groups in total. The average Bonchev–Trinajstić information content (AvgIpc) is 1.61. The number of carbonyl (C=O) groups is 1. The van der Waals surface area contributed by atoms with Gasteiger partial charge in [0.15, 0.2) is 0 Å². The molecule has 0 spiro atoms. The molecule has 0 aromatic rings. The molecule has 0 radical (unpaired) electrons. The van der Waals surface area contributed by atoms with Crippen molar-refractivity contribution in [1.29, 1.82) is 0 Å². The Hall–Kier alpha value is -0.0800. The summed E-state index contributed by atoms with van der Waals surface area (Å²) in [6.07, 6.45) is 2.48. The van der Waals surface area contributed by atoms with Gasteiger partial charge in [0.25, 0.3) is 0 Å². The predicted octanol–water partition coefficient (Wildman–Crippen LogP) is 1.12. The first kappa shape index (κ1) is 10.8. The van der Waals surface area contributed by atoms with Crippen molar-refractivity contribution in [3.8, 4) is 0 Å². The lowest BCUT2D eigenvalue weighted by Gasteiger charge is -1.84. The fraction of sp³-hybridized carbons (Fsp3) is 0.800. The minimum Gasteiger partial charge on any atom is -0.412 e. The molecule has 0 saturated heterocycles. The van der Waals surface area contributed by atoms with E-state index in [1.165, 1.54) is 0 Å². The van der Waals surface area contributed by atoms with Crippen LogP contribution >= 0.6 is 11.6 Å². The maximum Gasteiger partial charge on any atom is 0.221 e. The normalized spacial score (nSPS) is 7.75. The van der Waals surface area contributed by atoms with Crippen LogP contribution in [0, 0.1) is 0 Å². The second kappa shape index (κ2) is 6.92. The van der Waals surface area contributed by atoms with Crippen molar-refractivity contribution in [1.82, 2.24) is 0 Å². The van der Waals surface area contributed by atoms with Crippen LogP contribution in [-0.4, -0.2) is 10.7 Å². The molecule has 0 aromatic carbocycles. The van der Waals surface area contributed by atoms with Crippen molar-refractivity contribution in [2.75, 3.05) is 0 Å². The van der Waals surface area contributed by atoms with Crippen molar-refractivity contribution >= 4 is 16.8 Å². The molecule has 0 aliphatic heterocycles. The second-order valence-corrected chi connectivity index (χ2v) is 1.88. The second-order valence-electron chi connectivity index (χ2n) is 1.46. The molecular weight excluding hydrogens is 128 g/mol. The standard InChI is InChI=1S/C5H9ClO.H2O/c1-2-3-4-5(6)7;/h2-4H2,1H3;1H2. The third-order valence-electron chi connectivity index (χ3n) is 0.727. The highest BCUT2D eigenvalue weighted by Crippen LogP contribution is 1.96. The first-order chi connectivity index (χ1) is 3.27. The van der Waals surface area contributed by atoms with E-state index in [-0.39, 0.29) is 10.7 Å². The maximum absolute atomic E-state index is 9.97. The van der Waals surface area contributed by atoms with E-state index in [2.05, 4.69) is 0 Å². The highest BCUT2D eigenvalue weighted by Gasteiger charge is 1.90. The van der Waals surface area contributed by atoms with Crippen LogP contribution in [-0.2, 0) is 4.79 Å². The zero-order valence-corrected chi connectivity index (χ0v) is 5.66. The Morgan fingerprint density at radius 3 is 2.25 bits per heavy atom. The van der Waals surface area contributed by atoms with E-state index >= 15 is 0 Å². The zero-order valence-electron chi connectivity index (χ0n) is 4.91. The lowest BCUT2D eigenvalue weighted by atomic mass is 10.3. The number of rotatable bonds is 3. The summed E-state index contributed by atoms with van der Waals surface area (Å²) >= 11 is 5.02. The summed E-state index contributed by atoms with van der Waals surface area (Å²) in [5.41, 5.74) is 0. The van der Waals surface area contributed by atoms with Gasteiger partial charge in [0, 0.05) is 6.42 Å². The molecular formula is C5H11ClO2. The molecule has 0 rings (SSSR count). The summed E-state index contributed by atoms with van der Waals surface area (Å²) in [5.74, 6) is 0. The molecule has 0 aromatic heterocycles. The average molecular weight is 139 g/mol. The highest BCUT2D eigenvalue weighted by atomic mass is 35.5. The molecule has 0 aliphatic rings. The van der Waals surface area contributed by atoms with Gasteiger partial charge >= 0.3 is 0 Å². The summed E-state index contributed by atoms with van der Waals surface area (Å²) in [4.78, 5) is 9.97. The monoisotopic (exact) mass is 138 g/mol. The minimum atomic E-state index is -0.221. The molecule has 0 unspecified atom stereocenters. The number of carbonyl (C=O) groups excluding carboxylic acids is 1. The number of halogens is 1. The largest absolute Gasteiger partial charge is 0.412 e. The van der Waals surface area contributed by atoms with Crippen LogP contribution in [0.3, 0.4) is 0 Å². The van der Waals surface area contributed by atoms with Crippen molar-refractivity contribution in [2.24, 2.45) is 0 Å². The molecule has 50 valence electrons. The summed E-state index contributed by atoms with van der Waals surface area (Å²) in [5, 5.41) is -0.221. The Labute approximate surface area is 54.1 Å². The number of hydrogen-bond donors (Lipinski definition) is 0. The molecule has 0 saturated carbocycles. The molecule has 2 nitrogen and oxygen atoms in total. The number of unbranched alkanes of at least 4 members (excludes halogenated alkanes) is 1. The van der Waals surface area contributed by atoms with Crippen LogP contribution in [0.1, 0.15) is 26.2 Å². The molecule has 0 fully saturated rings. The minimum absolute atomic E-state index is 0. The zero-order chi connectivity index (χ0) is 5.70. The van der Waals surface area contributed by atoms with Gasteiger partial charge in [-0.15, -0.1) is 0 Å². The fourth-order valence-corrected chi connectivity index (χ4v) is 0.449.